The van der Waals surface area contributed by atoms with Gasteiger partial charge in [-0.05, 0) is 393 Å². The van der Waals surface area contributed by atoms with Crippen LogP contribution >= 0.6 is 0 Å². The van der Waals surface area contributed by atoms with Crippen molar-refractivity contribution >= 4 is 54.3 Å². The maximum absolute atomic E-state index is 13.1. The van der Waals surface area contributed by atoms with Crippen molar-refractivity contribution in [3.8, 4) is 0 Å². The second-order valence-corrected chi connectivity index (χ2v) is 48.2. The minimum atomic E-state index is -0.744. The Kier molecular flexibility index (Phi) is 62.4. The van der Waals surface area contributed by atoms with Crippen LogP contribution in [0.15, 0.2) is 72.9 Å². The van der Waals surface area contributed by atoms with Crippen LogP contribution in [0.2, 0.25) is 0 Å². The molecular formula is C125H207N3O21. The van der Waals surface area contributed by atoms with Gasteiger partial charge in [0.25, 0.3) is 0 Å². The van der Waals surface area contributed by atoms with Crippen molar-refractivity contribution < 1.29 is 100.0 Å². The number of piperidine rings is 1. The molecule has 5 atom stereocenters. The third-order valence-corrected chi connectivity index (χ3v) is 34.0. The zero-order valence-electron chi connectivity index (χ0n) is 94.5. The van der Waals surface area contributed by atoms with Crippen LogP contribution in [0.1, 0.15) is 439 Å². The summed E-state index contributed by atoms with van der Waals surface area (Å²) in [5, 5.41) is 0. The minimum Gasteiger partial charge on any atom is -0.465 e. The first-order chi connectivity index (χ1) is 72.5. The molecule has 2 heterocycles. The number of rotatable bonds is 76. The highest BCUT2D eigenvalue weighted by molar-refractivity contribution is 5.72. The van der Waals surface area contributed by atoms with E-state index in [9.17, 15) is 43.2 Å². The third-order valence-electron chi connectivity index (χ3n) is 34.0. The van der Waals surface area contributed by atoms with Gasteiger partial charge in [0.2, 0.25) is 0 Å². The normalized spacial score (nSPS) is 25.6. The number of hydrogen-bond donors (Lipinski definition) is 0. The van der Waals surface area contributed by atoms with Gasteiger partial charge in [0, 0.05) is 31.8 Å². The van der Waals surface area contributed by atoms with Crippen LogP contribution in [0.3, 0.4) is 0 Å². The van der Waals surface area contributed by atoms with Crippen LogP contribution in [-0.4, -0.2) is 208 Å². The molecule has 12 saturated carbocycles. The molecule has 2 aliphatic heterocycles. The van der Waals surface area contributed by atoms with Gasteiger partial charge in [0.1, 0.15) is 65.6 Å². The van der Waals surface area contributed by atoms with Crippen molar-refractivity contribution in [1.29, 1.82) is 0 Å². The van der Waals surface area contributed by atoms with E-state index in [2.05, 4.69) is 122 Å². The summed E-state index contributed by atoms with van der Waals surface area (Å²) in [5.74, 6) is 4.31. The van der Waals surface area contributed by atoms with Crippen molar-refractivity contribution in [3.63, 3.8) is 0 Å². The molecule has 149 heavy (non-hydrogen) atoms. The van der Waals surface area contributed by atoms with E-state index in [1.54, 1.807) is 0 Å². The maximum atomic E-state index is 13.1. The first kappa shape index (κ1) is 125. The Bertz CT molecular complexity index is 3820. The van der Waals surface area contributed by atoms with E-state index < -0.39 is 36.2 Å². The number of ether oxygens (including phenoxy) is 12. The van der Waals surface area contributed by atoms with E-state index in [0.29, 0.717) is 64.3 Å². The summed E-state index contributed by atoms with van der Waals surface area (Å²) >= 11 is 0. The predicted molar refractivity (Wildman–Crippen MR) is 590 cm³/mol. The van der Waals surface area contributed by atoms with E-state index in [-0.39, 0.29) is 118 Å². The molecular weight excluding hydrogens is 1880 g/mol. The summed E-state index contributed by atoms with van der Waals surface area (Å²) in [4.78, 5) is 121. The summed E-state index contributed by atoms with van der Waals surface area (Å²) in [6.07, 6.45) is 93.5. The summed E-state index contributed by atoms with van der Waals surface area (Å²) in [7, 11) is 6.12. The molecule has 0 amide bonds. The zero-order chi connectivity index (χ0) is 106. The van der Waals surface area contributed by atoms with Crippen LogP contribution in [0, 0.1) is 87.3 Å². The number of allylic oxidation sites excluding steroid dienone is 12. The van der Waals surface area contributed by atoms with Crippen molar-refractivity contribution in [1.82, 2.24) is 14.7 Å². The Balaban J connectivity index is 0.000000248. The molecule has 14 aliphatic rings. The number of hydrogen-bond acceptors (Lipinski definition) is 24. The van der Waals surface area contributed by atoms with Gasteiger partial charge >= 0.3 is 54.3 Å². The first-order valence-corrected chi connectivity index (χ1v) is 60.8. The lowest BCUT2D eigenvalue weighted by molar-refractivity contribution is -0.157. The van der Waals surface area contributed by atoms with Gasteiger partial charge in [-0.3, -0.25) is 33.7 Å². The number of esters is 6. The molecule has 0 spiro atoms. The summed E-state index contributed by atoms with van der Waals surface area (Å²) in [6, 6.07) is 0.433. The van der Waals surface area contributed by atoms with E-state index in [4.69, 9.17) is 56.8 Å². The fourth-order valence-electron chi connectivity index (χ4n) is 27.3. The Morgan fingerprint density at radius 2 is 0.597 bits per heavy atom. The Morgan fingerprint density at radius 1 is 0.309 bits per heavy atom. The molecule has 0 radical (unpaired) electrons. The molecule has 24 heteroatoms. The van der Waals surface area contributed by atoms with Gasteiger partial charge < -0.3 is 66.6 Å². The smallest absolute Gasteiger partial charge is 0.465 e. The second kappa shape index (κ2) is 74.2. The summed E-state index contributed by atoms with van der Waals surface area (Å²) in [5.41, 5.74) is 0.299. The predicted octanol–water partition coefficient (Wildman–Crippen LogP) is 29.1. The molecule has 0 N–H and O–H groups in total. The highest BCUT2D eigenvalue weighted by atomic mass is 16.7. The monoisotopic (exact) mass is 2090 g/mol. The van der Waals surface area contributed by atoms with Crippen LogP contribution in [-0.2, 0) is 85.6 Å². The molecule has 14 fully saturated rings. The second-order valence-electron chi connectivity index (χ2n) is 48.2. The molecule has 848 valence electrons. The van der Waals surface area contributed by atoms with Gasteiger partial charge in [-0.15, -0.1) is 0 Å². The van der Waals surface area contributed by atoms with E-state index in [1.165, 1.54) is 161 Å². The molecule has 0 aromatic heterocycles. The fraction of sp³-hybridized carbons (Fsp3) is 0.832. The van der Waals surface area contributed by atoms with Crippen molar-refractivity contribution in [3.05, 3.63) is 72.9 Å². The van der Waals surface area contributed by atoms with E-state index in [1.807, 2.05) is 14.1 Å². The van der Waals surface area contributed by atoms with Crippen molar-refractivity contribution in [2.75, 3.05) is 127 Å². The molecule has 12 aliphatic carbocycles. The van der Waals surface area contributed by atoms with E-state index >= 15 is 0 Å². The number of carbonyl (C=O) groups excluding carboxylic acids is 9. The lowest BCUT2D eigenvalue weighted by Crippen LogP contribution is -2.47. The van der Waals surface area contributed by atoms with Crippen LogP contribution in [0.25, 0.3) is 0 Å². The Hall–Kier alpha value is -7.05. The molecule has 5 unspecified atom stereocenters. The van der Waals surface area contributed by atoms with Gasteiger partial charge in [0.15, 0.2) is 0 Å². The quantitative estimate of drug-likeness (QED) is 0.0237. The highest BCUT2D eigenvalue weighted by Crippen LogP contribution is 2.64. The lowest BCUT2D eigenvalue weighted by atomic mass is 9.49. The number of unbranched alkanes of at least 4 members (excludes halogenated alkanes) is 25. The van der Waals surface area contributed by atoms with Crippen LogP contribution in [0.5, 0.6) is 0 Å². The van der Waals surface area contributed by atoms with E-state index in [0.717, 1.165) is 291 Å². The average Bonchev–Trinajstić information content (AvgIpc) is 0.854. The van der Waals surface area contributed by atoms with Crippen molar-refractivity contribution in [2.45, 2.75) is 451 Å². The molecule has 0 aromatic carbocycles. The van der Waals surface area contributed by atoms with Crippen LogP contribution in [0.4, 0.5) is 14.4 Å². The molecule has 12 bridgehead atoms. The Morgan fingerprint density at radius 3 is 0.906 bits per heavy atom. The topological polar surface area (TPSA) is 274 Å². The Labute approximate surface area is 901 Å². The number of likely N-dealkylation sites (N-methyl/N-ethyl adjacent to an activating group) is 1. The zero-order valence-corrected chi connectivity index (χ0v) is 94.5. The van der Waals surface area contributed by atoms with Gasteiger partial charge in [-0.2, -0.15) is 0 Å². The van der Waals surface area contributed by atoms with Crippen molar-refractivity contribution in [2.24, 2.45) is 87.3 Å². The summed E-state index contributed by atoms with van der Waals surface area (Å²) in [6.45, 7) is 14.3. The maximum Gasteiger partial charge on any atom is 0.508 e. The lowest BCUT2D eigenvalue weighted by Gasteiger charge is -2.56. The largest absolute Gasteiger partial charge is 0.508 e. The minimum absolute atomic E-state index is 0.0232. The average molecular weight is 2090 g/mol. The number of nitrogens with zero attached hydrogens (tertiary/aromatic N) is 3. The van der Waals surface area contributed by atoms with Gasteiger partial charge in [-0.1, -0.05) is 197 Å². The number of carbonyl (C=O) groups is 9. The van der Waals surface area contributed by atoms with Crippen LogP contribution < -0.4 is 0 Å². The standard InChI is InChI=1S/2C42H69NO7.C41H69NO7/c1-3-4-5-6-7-8-9-10-11-12-13-14-15-16-17-20-39(44)48-31-37(33-50-41(46)47-23-21-38-19-18-22-43(38)2)32-49-40(45)30-42-27-34-24-35(28-42)26-36(25-34)29-42;1-3-5-6-7-8-9-10-11-12-13-14-15-16-17-18-21-39(44)47-31-37(33-49-41(46)50-38-20-19-22-43(4-2)30-38)32-48-40(45)29-42-26-34-23-35(27-42)25-36(24-34)28-42;1-4-5-6-7-8-9-10-11-12-13-14-15-16-17-18-21-38(43)47-31-37(33-49-40(45)46-23-20-19-22-42(2)3)32-48-39(44)30-41-27-34-24-35(28-41)26-36(25-34)29-41/h7-8,10-11,34-38H,3-6,9,12-33H2,1-2H3;8-9,11-12,34-38H,3-7,10,13-33H2,1-2H3;8-9,11-12,34-37H,4-7,10,13-33H2,1-3H3/b8-7-,11-10-;2*9-8-,12-11-. The van der Waals surface area contributed by atoms with Gasteiger partial charge in [-0.25, -0.2) is 14.4 Å². The highest BCUT2D eigenvalue weighted by Gasteiger charge is 2.55. The molecule has 2 saturated heterocycles. The molecule has 14 rings (SSSR count). The van der Waals surface area contributed by atoms with Gasteiger partial charge in [0.05, 0.1) is 50.2 Å². The summed E-state index contributed by atoms with van der Waals surface area (Å²) < 4.78 is 66.6. The number of likely N-dealkylation sites (tertiary alicyclic amines) is 2. The fourth-order valence-corrected chi connectivity index (χ4v) is 27.3. The SMILES string of the molecule is CCCCC/C=C\C/C=C\CCCCCCCC(=O)OCC(COC(=O)CC12CC3CC(CC(C3)C1)C2)COC(=O)OC1CCCN(CC)C1.CCCCC/C=C\C/C=C\CCCCCCCC(=O)OCC(COC(=O)CC12CC3CC(CC(C3)C1)C2)COC(=O)OCCC1CCCN1C.CCCCC/C=C\C/C=C\CCCCCCCC(=O)OCC(COC(=O)CC12CC3CC(CC(C3)C1)C2)COC(=O)OCCCCN(C)C. The molecule has 0 aromatic rings. The molecule has 24 nitrogen and oxygen atoms in total. The first-order valence-electron chi connectivity index (χ1n) is 60.8. The third kappa shape index (κ3) is 53.8.